The molecule has 2 rings (SSSR count). The number of rotatable bonds is 3. The van der Waals surface area contributed by atoms with Crippen LogP contribution in [0.1, 0.15) is 27.8 Å². The van der Waals surface area contributed by atoms with Crippen molar-refractivity contribution in [2.24, 2.45) is 0 Å². The smallest absolute Gasteiger partial charge is 0.259 e. The zero-order valence-corrected chi connectivity index (χ0v) is 10.8. The molecule has 0 bridgehead atoms. The van der Waals surface area contributed by atoms with E-state index < -0.39 is 11.7 Å². The molecule has 0 aliphatic carbocycles. The van der Waals surface area contributed by atoms with Crippen molar-refractivity contribution >= 4 is 33.8 Å². The Kier molecular flexibility index (Phi) is 3.57. The Morgan fingerprint density at radius 3 is 2.74 bits per heavy atom. The molecule has 1 aromatic heterocycles. The van der Waals surface area contributed by atoms with Crippen molar-refractivity contribution in [3.63, 3.8) is 0 Å². The van der Waals surface area contributed by atoms with E-state index >= 15 is 0 Å². The van der Waals surface area contributed by atoms with Gasteiger partial charge in [-0.1, -0.05) is 0 Å². The second kappa shape index (κ2) is 5.15. The summed E-state index contributed by atoms with van der Waals surface area (Å²) in [7, 11) is 0. The Labute approximate surface area is 112 Å². The van der Waals surface area contributed by atoms with Crippen molar-refractivity contribution in [1.29, 1.82) is 0 Å². The van der Waals surface area contributed by atoms with Crippen molar-refractivity contribution in [3.8, 4) is 0 Å². The van der Waals surface area contributed by atoms with Crippen LogP contribution < -0.4 is 11.1 Å². The zero-order valence-electron chi connectivity index (χ0n) is 9.94. The topological polar surface area (TPSA) is 85.1 Å². The molecule has 0 atom stereocenters. The highest BCUT2D eigenvalue weighted by atomic mass is 32.1. The van der Waals surface area contributed by atoms with Crippen molar-refractivity contribution in [2.75, 3.05) is 11.1 Å². The molecule has 2 aromatic rings. The molecule has 1 aromatic carbocycles. The van der Waals surface area contributed by atoms with E-state index in [1.165, 1.54) is 13.0 Å². The number of carbonyl (C=O) groups is 2. The Morgan fingerprint density at radius 2 is 2.16 bits per heavy atom. The molecule has 19 heavy (non-hydrogen) atoms. The molecule has 98 valence electrons. The fourth-order valence-electron chi connectivity index (χ4n) is 1.40. The van der Waals surface area contributed by atoms with Gasteiger partial charge in [-0.3, -0.25) is 14.9 Å². The summed E-state index contributed by atoms with van der Waals surface area (Å²) in [6.07, 6.45) is 0. The lowest BCUT2D eigenvalue weighted by molar-refractivity contribution is 0.100. The maximum atomic E-state index is 12.9. The van der Waals surface area contributed by atoms with E-state index in [4.69, 9.17) is 5.73 Å². The molecule has 0 unspecified atom stereocenters. The van der Waals surface area contributed by atoms with E-state index in [1.54, 1.807) is 5.38 Å². The van der Waals surface area contributed by atoms with Gasteiger partial charge in [-0.25, -0.2) is 9.37 Å². The minimum Gasteiger partial charge on any atom is -0.398 e. The fraction of sp³-hybridized carbons (Fsp3) is 0.0833. The van der Waals surface area contributed by atoms with Crippen LogP contribution in [0.15, 0.2) is 23.6 Å². The van der Waals surface area contributed by atoms with Gasteiger partial charge in [0.2, 0.25) is 0 Å². The number of nitrogens with zero attached hydrogens (tertiary/aromatic N) is 1. The van der Waals surface area contributed by atoms with Gasteiger partial charge in [-0.05, 0) is 18.2 Å². The number of nitrogens with one attached hydrogen (secondary N) is 1. The van der Waals surface area contributed by atoms with Gasteiger partial charge in [-0.2, -0.15) is 0 Å². The summed E-state index contributed by atoms with van der Waals surface area (Å²) in [4.78, 5) is 26.9. The number of nitrogen functional groups attached to an aromatic ring is 1. The fourth-order valence-corrected chi connectivity index (χ4v) is 2.14. The average molecular weight is 279 g/mol. The van der Waals surface area contributed by atoms with Gasteiger partial charge >= 0.3 is 0 Å². The number of halogens is 1. The number of carbonyl (C=O) groups excluding carboxylic acids is 2. The van der Waals surface area contributed by atoms with Crippen LogP contribution in [0, 0.1) is 5.82 Å². The van der Waals surface area contributed by atoms with Crippen molar-refractivity contribution in [3.05, 3.63) is 40.7 Å². The van der Waals surface area contributed by atoms with E-state index in [-0.39, 0.29) is 22.7 Å². The summed E-state index contributed by atoms with van der Waals surface area (Å²) in [5.74, 6) is -1.19. The molecule has 0 spiro atoms. The molecule has 0 fully saturated rings. The second-order valence-electron chi connectivity index (χ2n) is 3.78. The standard InChI is InChI=1S/C12H10FN3O2S/c1-6(17)10-5-19-12(15-10)16-11(18)8-3-2-7(13)4-9(8)14/h2-5H,14H2,1H3,(H,15,16,18). The molecule has 1 amide bonds. The molecule has 0 radical (unpaired) electrons. The first-order chi connectivity index (χ1) is 8.97. The number of aromatic nitrogens is 1. The molecule has 0 saturated heterocycles. The monoisotopic (exact) mass is 279 g/mol. The molecule has 5 nitrogen and oxygen atoms in total. The van der Waals surface area contributed by atoms with Crippen LogP contribution >= 0.6 is 11.3 Å². The second-order valence-corrected chi connectivity index (χ2v) is 4.64. The van der Waals surface area contributed by atoms with E-state index in [2.05, 4.69) is 10.3 Å². The summed E-state index contributed by atoms with van der Waals surface area (Å²) in [5.41, 5.74) is 6.04. The number of Topliss-reactive ketones (excluding diaryl/α,β-unsaturated/α-hetero) is 1. The lowest BCUT2D eigenvalue weighted by atomic mass is 10.1. The third-order valence-electron chi connectivity index (χ3n) is 2.34. The van der Waals surface area contributed by atoms with Gasteiger partial charge in [0, 0.05) is 18.0 Å². The first-order valence-electron chi connectivity index (χ1n) is 5.30. The number of hydrogen-bond donors (Lipinski definition) is 2. The summed E-state index contributed by atoms with van der Waals surface area (Å²) < 4.78 is 12.9. The molecular weight excluding hydrogens is 269 g/mol. The van der Waals surface area contributed by atoms with Crippen LogP contribution in [-0.4, -0.2) is 16.7 Å². The molecule has 0 saturated carbocycles. The zero-order chi connectivity index (χ0) is 14.0. The van der Waals surface area contributed by atoms with E-state index in [1.807, 2.05) is 0 Å². The van der Waals surface area contributed by atoms with E-state index in [9.17, 15) is 14.0 Å². The largest absolute Gasteiger partial charge is 0.398 e. The highest BCUT2D eigenvalue weighted by Gasteiger charge is 2.13. The van der Waals surface area contributed by atoms with Gasteiger partial charge in [0.25, 0.3) is 5.91 Å². The minimum atomic E-state index is -0.512. The van der Waals surface area contributed by atoms with Gasteiger partial charge in [0.05, 0.1) is 5.56 Å². The summed E-state index contributed by atoms with van der Waals surface area (Å²) in [5, 5.41) is 4.35. The third-order valence-corrected chi connectivity index (χ3v) is 3.10. The minimum absolute atomic E-state index is 0.0425. The number of nitrogens with two attached hydrogens (primary N) is 1. The number of benzene rings is 1. The van der Waals surface area contributed by atoms with E-state index in [0.717, 1.165) is 23.5 Å². The first kappa shape index (κ1) is 13.2. The Balaban J connectivity index is 2.18. The quantitative estimate of drug-likeness (QED) is 0.667. The van der Waals surface area contributed by atoms with Crippen LogP contribution in [0.25, 0.3) is 0 Å². The number of ketones is 1. The number of thiazole rings is 1. The normalized spacial score (nSPS) is 10.2. The predicted molar refractivity (Wildman–Crippen MR) is 70.9 cm³/mol. The molecule has 0 aliphatic rings. The maximum absolute atomic E-state index is 12.9. The molecule has 0 aliphatic heterocycles. The molecule has 7 heteroatoms. The van der Waals surface area contributed by atoms with Gasteiger partial charge in [0.1, 0.15) is 11.5 Å². The number of amides is 1. The average Bonchev–Trinajstić information content (AvgIpc) is 2.77. The van der Waals surface area contributed by atoms with Crippen LogP contribution in [0.5, 0.6) is 0 Å². The van der Waals surface area contributed by atoms with Crippen molar-refractivity contribution < 1.29 is 14.0 Å². The molecule has 1 heterocycles. The Bertz CT molecular complexity index is 654. The number of anilines is 2. The Morgan fingerprint density at radius 1 is 1.42 bits per heavy atom. The van der Waals surface area contributed by atoms with Gasteiger partial charge in [-0.15, -0.1) is 11.3 Å². The third kappa shape index (κ3) is 2.94. The molecule has 3 N–H and O–H groups in total. The van der Waals surface area contributed by atoms with Crippen molar-refractivity contribution in [2.45, 2.75) is 6.92 Å². The SMILES string of the molecule is CC(=O)c1csc(NC(=O)c2ccc(F)cc2N)n1. The van der Waals surface area contributed by atoms with Gasteiger partial charge < -0.3 is 5.73 Å². The van der Waals surface area contributed by atoms with Crippen molar-refractivity contribution in [1.82, 2.24) is 4.98 Å². The van der Waals surface area contributed by atoms with Crippen LogP contribution in [0.3, 0.4) is 0 Å². The first-order valence-corrected chi connectivity index (χ1v) is 6.18. The van der Waals surface area contributed by atoms with E-state index in [0.29, 0.717) is 5.13 Å². The molecular formula is C12H10FN3O2S. The highest BCUT2D eigenvalue weighted by Crippen LogP contribution is 2.19. The summed E-state index contributed by atoms with van der Waals surface area (Å²) >= 11 is 1.13. The lowest BCUT2D eigenvalue weighted by Crippen LogP contribution is -2.14. The van der Waals surface area contributed by atoms with Crippen LogP contribution in [-0.2, 0) is 0 Å². The number of hydrogen-bond acceptors (Lipinski definition) is 5. The highest BCUT2D eigenvalue weighted by molar-refractivity contribution is 7.14. The lowest BCUT2D eigenvalue weighted by Gasteiger charge is -2.04. The van der Waals surface area contributed by atoms with Gasteiger partial charge in [0.15, 0.2) is 10.9 Å². The Hall–Kier alpha value is -2.28. The van der Waals surface area contributed by atoms with Crippen LogP contribution in [0.2, 0.25) is 0 Å². The summed E-state index contributed by atoms with van der Waals surface area (Å²) in [6, 6.07) is 3.51. The maximum Gasteiger partial charge on any atom is 0.259 e. The summed E-state index contributed by atoms with van der Waals surface area (Å²) in [6.45, 7) is 1.39. The predicted octanol–water partition coefficient (Wildman–Crippen LogP) is 2.32. The van der Waals surface area contributed by atoms with Crippen LogP contribution in [0.4, 0.5) is 15.2 Å².